The van der Waals surface area contributed by atoms with Crippen LogP contribution in [-0.2, 0) is 16.6 Å². The summed E-state index contributed by atoms with van der Waals surface area (Å²) in [6.45, 7) is 2.69. The van der Waals surface area contributed by atoms with Crippen LogP contribution >= 0.6 is 0 Å². The topological polar surface area (TPSA) is 138 Å². The summed E-state index contributed by atoms with van der Waals surface area (Å²) < 4.78 is 28.3. The number of nitrogens with two attached hydrogens (primary N) is 1. The van der Waals surface area contributed by atoms with Crippen LogP contribution in [0.4, 0.5) is 29.0 Å². The summed E-state index contributed by atoms with van der Waals surface area (Å²) in [4.78, 5) is 13.2. The Labute approximate surface area is 241 Å². The second-order valence-corrected chi connectivity index (χ2v) is 12.4. The molecule has 0 aliphatic heterocycles. The van der Waals surface area contributed by atoms with Crippen molar-refractivity contribution in [3.8, 4) is 0 Å². The van der Waals surface area contributed by atoms with Crippen LogP contribution in [0, 0.1) is 6.92 Å². The highest BCUT2D eigenvalue weighted by Gasteiger charge is 2.31. The highest BCUT2D eigenvalue weighted by atomic mass is 32.2. The van der Waals surface area contributed by atoms with Gasteiger partial charge in [0.1, 0.15) is 11.6 Å². The van der Waals surface area contributed by atoms with Crippen molar-refractivity contribution < 1.29 is 8.42 Å². The summed E-state index contributed by atoms with van der Waals surface area (Å²) in [6.07, 6.45) is 6.72. The van der Waals surface area contributed by atoms with Crippen LogP contribution in [0.1, 0.15) is 36.8 Å². The van der Waals surface area contributed by atoms with Crippen LogP contribution < -0.4 is 21.7 Å². The molecule has 5 rings (SSSR count). The van der Waals surface area contributed by atoms with Gasteiger partial charge in [-0.15, -0.1) is 0 Å². The fourth-order valence-electron chi connectivity index (χ4n) is 4.97. The Hall–Kier alpha value is -4.06. The zero-order valence-electron chi connectivity index (χ0n) is 23.3. The molecule has 0 spiro atoms. The van der Waals surface area contributed by atoms with E-state index in [9.17, 15) is 8.42 Å². The molecule has 0 saturated heterocycles. The van der Waals surface area contributed by atoms with Crippen molar-refractivity contribution in [3.63, 3.8) is 0 Å². The lowest BCUT2D eigenvalue weighted by atomic mass is 9.91. The average Bonchev–Trinajstić information content (AvgIpc) is 2.98. The average molecular weight is 573 g/mol. The predicted molar refractivity (Wildman–Crippen MR) is 163 cm³/mol. The van der Waals surface area contributed by atoms with E-state index in [0.717, 1.165) is 36.9 Å². The predicted octanol–water partition coefficient (Wildman–Crippen LogP) is 4.97. The highest BCUT2D eigenvalue weighted by molar-refractivity contribution is 7.89. The van der Waals surface area contributed by atoms with Crippen molar-refractivity contribution in [2.45, 2.75) is 56.1 Å². The summed E-state index contributed by atoms with van der Waals surface area (Å²) >= 11 is 0. The first kappa shape index (κ1) is 28.5. The van der Waals surface area contributed by atoms with Gasteiger partial charge < -0.3 is 21.7 Å². The third kappa shape index (κ3) is 7.18. The number of sulfonamides is 1. The molecule has 2 aromatic heterocycles. The quantitative estimate of drug-likeness (QED) is 0.207. The highest BCUT2D eigenvalue weighted by Crippen LogP contribution is 2.28. The summed E-state index contributed by atoms with van der Waals surface area (Å²) in [7, 11) is -1.95. The number of nitrogens with zero attached hydrogens (tertiary/aromatic N) is 4. The van der Waals surface area contributed by atoms with Gasteiger partial charge in [0.25, 0.3) is 0 Å². The maximum absolute atomic E-state index is 13.4. The molecular formula is C30H36N8O2S. The third-order valence-corrected chi connectivity index (χ3v) is 9.41. The van der Waals surface area contributed by atoms with Crippen LogP contribution in [0.25, 0.3) is 0 Å². The lowest BCUT2D eigenvalue weighted by Gasteiger charge is -2.34. The second kappa shape index (κ2) is 12.6. The number of nitrogens with one attached hydrogen (secondary N) is 3. The minimum absolute atomic E-state index is 0.0449. The molecule has 11 heteroatoms. The number of anilines is 5. The number of pyridine rings is 1. The molecule has 0 amide bonds. The van der Waals surface area contributed by atoms with E-state index < -0.39 is 10.0 Å². The molecule has 41 heavy (non-hydrogen) atoms. The minimum Gasteiger partial charge on any atom is -0.383 e. The van der Waals surface area contributed by atoms with Gasteiger partial charge in [-0.2, -0.15) is 9.29 Å². The van der Waals surface area contributed by atoms with Gasteiger partial charge in [-0.25, -0.2) is 18.4 Å². The summed E-state index contributed by atoms with van der Waals surface area (Å²) in [5, 5.41) is 9.96. The molecule has 1 fully saturated rings. The van der Waals surface area contributed by atoms with E-state index in [1.165, 1.54) is 9.87 Å². The van der Waals surface area contributed by atoms with Gasteiger partial charge >= 0.3 is 0 Å². The Bertz CT molecular complexity index is 1550. The van der Waals surface area contributed by atoms with E-state index >= 15 is 0 Å². The zero-order chi connectivity index (χ0) is 28.8. The normalized spacial score (nSPS) is 17.3. The first-order valence-electron chi connectivity index (χ1n) is 13.7. The number of nitrogen functional groups attached to an aromatic ring is 1. The summed E-state index contributed by atoms with van der Waals surface area (Å²) in [6, 6.07) is 20.6. The number of benzene rings is 2. The standard InChI is InChI=1S/C30H36N8O2S/c1-21-5-7-24(8-6-21)35-28-17-19-33-30(37-28)36-25-11-15-27(16-12-25)41(39,40)38(2)26-13-9-23(10-14-26)34-20-22-4-3-18-32-29(22)31/h3-8,11-12,15-19,23,26,34H,9-10,13-14,20H2,1-2H3,(H2,31,32)(H2,33,35,36,37). The van der Waals surface area contributed by atoms with E-state index in [1.807, 2.05) is 43.3 Å². The van der Waals surface area contributed by atoms with Crippen LogP contribution in [0.5, 0.6) is 0 Å². The van der Waals surface area contributed by atoms with E-state index in [4.69, 9.17) is 5.73 Å². The van der Waals surface area contributed by atoms with Gasteiger partial charge in [0.2, 0.25) is 16.0 Å². The fourth-order valence-corrected chi connectivity index (χ4v) is 6.39. The Morgan fingerprint density at radius 3 is 2.27 bits per heavy atom. The SMILES string of the molecule is Cc1ccc(Nc2ccnc(Nc3ccc(S(=O)(=O)N(C)C4CCC(NCc5cccnc5N)CC4)cc3)n2)cc1. The monoisotopic (exact) mass is 572 g/mol. The molecule has 1 aliphatic carbocycles. The minimum atomic E-state index is -3.63. The van der Waals surface area contributed by atoms with Gasteiger partial charge in [0.05, 0.1) is 4.90 Å². The van der Waals surface area contributed by atoms with Gasteiger partial charge in [0, 0.05) is 55.0 Å². The lowest BCUT2D eigenvalue weighted by molar-refractivity contribution is 0.249. The van der Waals surface area contributed by atoms with Gasteiger partial charge in [-0.1, -0.05) is 23.8 Å². The van der Waals surface area contributed by atoms with Crippen LogP contribution in [0.2, 0.25) is 0 Å². The molecule has 10 nitrogen and oxygen atoms in total. The number of hydrogen-bond donors (Lipinski definition) is 4. The molecule has 1 saturated carbocycles. The van der Waals surface area contributed by atoms with Crippen molar-refractivity contribution in [2.75, 3.05) is 23.4 Å². The molecule has 0 bridgehead atoms. The van der Waals surface area contributed by atoms with Crippen molar-refractivity contribution in [2.24, 2.45) is 0 Å². The van der Waals surface area contributed by atoms with E-state index in [2.05, 4.69) is 30.9 Å². The molecule has 0 unspecified atom stereocenters. The van der Waals surface area contributed by atoms with E-state index in [-0.39, 0.29) is 10.9 Å². The fraction of sp³-hybridized carbons (Fsp3) is 0.300. The summed E-state index contributed by atoms with van der Waals surface area (Å²) in [5.74, 6) is 1.60. The van der Waals surface area contributed by atoms with Crippen molar-refractivity contribution in [1.29, 1.82) is 0 Å². The Morgan fingerprint density at radius 1 is 0.878 bits per heavy atom. The Balaban J connectivity index is 1.15. The van der Waals surface area contributed by atoms with Crippen molar-refractivity contribution in [3.05, 3.63) is 90.3 Å². The van der Waals surface area contributed by atoms with Gasteiger partial charge in [0.15, 0.2) is 0 Å². The maximum Gasteiger partial charge on any atom is 0.243 e. The second-order valence-electron chi connectivity index (χ2n) is 10.4. The Kier molecular flexibility index (Phi) is 8.77. The van der Waals surface area contributed by atoms with E-state index in [0.29, 0.717) is 35.9 Å². The number of aromatic nitrogens is 3. The van der Waals surface area contributed by atoms with Gasteiger partial charge in [-0.05, 0) is 81.1 Å². The van der Waals surface area contributed by atoms with Crippen molar-refractivity contribution >= 4 is 39.0 Å². The summed E-state index contributed by atoms with van der Waals surface area (Å²) in [5.41, 5.74) is 9.73. The first-order valence-corrected chi connectivity index (χ1v) is 15.2. The molecule has 0 radical (unpaired) electrons. The zero-order valence-corrected chi connectivity index (χ0v) is 24.1. The third-order valence-electron chi connectivity index (χ3n) is 7.49. The number of aryl methyl sites for hydroxylation is 1. The molecule has 214 valence electrons. The number of hydrogen-bond acceptors (Lipinski definition) is 9. The molecule has 2 aromatic carbocycles. The van der Waals surface area contributed by atoms with Crippen LogP contribution in [0.15, 0.2) is 84.0 Å². The Morgan fingerprint density at radius 2 is 1.56 bits per heavy atom. The molecule has 0 atom stereocenters. The largest absolute Gasteiger partial charge is 0.383 e. The van der Waals surface area contributed by atoms with Crippen molar-refractivity contribution in [1.82, 2.24) is 24.6 Å². The van der Waals surface area contributed by atoms with Crippen LogP contribution in [0.3, 0.4) is 0 Å². The molecule has 5 N–H and O–H groups in total. The molecule has 2 heterocycles. The molecule has 1 aliphatic rings. The first-order chi connectivity index (χ1) is 19.8. The lowest BCUT2D eigenvalue weighted by Crippen LogP contribution is -2.43. The maximum atomic E-state index is 13.4. The van der Waals surface area contributed by atoms with E-state index in [1.54, 1.807) is 49.8 Å². The van der Waals surface area contributed by atoms with Gasteiger partial charge in [-0.3, -0.25) is 0 Å². The number of rotatable bonds is 10. The molecular weight excluding hydrogens is 536 g/mol. The molecule has 4 aromatic rings. The smallest absolute Gasteiger partial charge is 0.243 e. The van der Waals surface area contributed by atoms with Crippen LogP contribution in [-0.4, -0.2) is 46.8 Å².